The molecule has 1 N–H and O–H groups in total. The Morgan fingerprint density at radius 1 is 0.966 bits per heavy atom. The Morgan fingerprint density at radius 2 is 1.86 bits per heavy atom. The van der Waals surface area contributed by atoms with Crippen LogP contribution in [0.5, 0.6) is 0 Å². The Balaban J connectivity index is 1.50. The van der Waals surface area contributed by atoms with Crippen molar-refractivity contribution < 1.29 is 9.21 Å². The molecule has 3 aromatic carbocycles. The van der Waals surface area contributed by atoms with E-state index in [1.54, 1.807) is 18.2 Å². The van der Waals surface area contributed by atoms with Gasteiger partial charge in [-0.1, -0.05) is 48.0 Å². The maximum atomic E-state index is 12.5. The lowest BCUT2D eigenvalue weighted by Gasteiger charge is -2.07. The van der Waals surface area contributed by atoms with Gasteiger partial charge in [-0.2, -0.15) is 0 Å². The number of nitrogens with one attached hydrogen (secondary N) is 1. The number of benzene rings is 3. The molecule has 5 aromatic rings. The fourth-order valence-electron chi connectivity index (χ4n) is 3.27. The van der Waals surface area contributed by atoms with E-state index in [2.05, 4.69) is 10.3 Å². The molecule has 0 fully saturated rings. The molecule has 0 bridgehead atoms. The highest BCUT2D eigenvalue weighted by molar-refractivity contribution is 6.33. The van der Waals surface area contributed by atoms with Crippen molar-refractivity contribution in [2.75, 3.05) is 5.32 Å². The quantitative estimate of drug-likeness (QED) is 0.381. The van der Waals surface area contributed by atoms with E-state index in [0.717, 1.165) is 27.4 Å². The minimum Gasteiger partial charge on any atom is -0.436 e. The van der Waals surface area contributed by atoms with Crippen LogP contribution in [0.4, 0.5) is 5.69 Å². The number of hydrogen-bond donors (Lipinski definition) is 1. The molecule has 5 rings (SSSR count). The Hall–Kier alpha value is -3.70. The second kappa shape index (κ2) is 7.04. The first-order chi connectivity index (χ1) is 14.2. The molecular weight excluding hydrogens is 386 g/mol. The third kappa shape index (κ3) is 3.22. The molecule has 0 aliphatic rings. The molecule has 0 saturated carbocycles. The number of anilines is 1. The Kier molecular flexibility index (Phi) is 4.22. The molecule has 5 nitrogen and oxygen atoms in total. The zero-order valence-corrected chi connectivity index (χ0v) is 15.9. The molecule has 1 amide bonds. The molecule has 2 heterocycles. The van der Waals surface area contributed by atoms with Crippen LogP contribution in [0.3, 0.4) is 0 Å². The lowest BCUT2D eigenvalue weighted by atomic mass is 10.1. The average Bonchev–Trinajstić information content (AvgIpc) is 3.19. The number of fused-ring (bicyclic) bond motifs is 3. The van der Waals surface area contributed by atoms with Crippen LogP contribution < -0.4 is 5.32 Å². The highest BCUT2D eigenvalue weighted by atomic mass is 35.5. The first-order valence-electron chi connectivity index (χ1n) is 9.00. The van der Waals surface area contributed by atoms with Crippen molar-refractivity contribution >= 4 is 45.1 Å². The van der Waals surface area contributed by atoms with Gasteiger partial charge in [-0.15, -0.1) is 0 Å². The Morgan fingerprint density at radius 3 is 2.76 bits per heavy atom. The lowest BCUT2D eigenvalue weighted by molar-refractivity contribution is 0.102. The molecule has 29 heavy (non-hydrogen) atoms. The van der Waals surface area contributed by atoms with E-state index in [0.29, 0.717) is 17.1 Å². The summed E-state index contributed by atoms with van der Waals surface area (Å²) in [5.74, 6) is 0.163. The van der Waals surface area contributed by atoms with Crippen molar-refractivity contribution in [3.8, 4) is 11.5 Å². The summed E-state index contributed by atoms with van der Waals surface area (Å²) in [6.45, 7) is 0. The highest BCUT2D eigenvalue weighted by Gasteiger charge is 2.14. The van der Waals surface area contributed by atoms with E-state index in [9.17, 15) is 4.79 Å². The van der Waals surface area contributed by atoms with Crippen LogP contribution in [0.2, 0.25) is 5.15 Å². The minimum atomic E-state index is -0.330. The molecule has 140 valence electrons. The third-order valence-corrected chi connectivity index (χ3v) is 4.96. The van der Waals surface area contributed by atoms with E-state index >= 15 is 0 Å². The number of carbonyl (C=O) groups excluding carboxylic acids is 1. The monoisotopic (exact) mass is 399 g/mol. The summed E-state index contributed by atoms with van der Waals surface area (Å²) in [7, 11) is 0. The predicted octanol–water partition coefficient (Wildman–Crippen LogP) is 5.95. The molecule has 2 aromatic heterocycles. The molecule has 0 aliphatic carbocycles. The predicted molar refractivity (Wildman–Crippen MR) is 114 cm³/mol. The zero-order chi connectivity index (χ0) is 19.8. The van der Waals surface area contributed by atoms with Crippen LogP contribution in [0.25, 0.3) is 33.3 Å². The number of amides is 1. The summed E-state index contributed by atoms with van der Waals surface area (Å²) in [5.41, 5.74) is 3.22. The summed E-state index contributed by atoms with van der Waals surface area (Å²) >= 11 is 6.01. The van der Waals surface area contributed by atoms with Crippen molar-refractivity contribution in [1.29, 1.82) is 0 Å². The number of oxazole rings is 1. The number of halogens is 1. The second-order valence-corrected chi connectivity index (χ2v) is 6.89. The van der Waals surface area contributed by atoms with Crippen LogP contribution in [0.15, 0.2) is 83.4 Å². The van der Waals surface area contributed by atoms with Crippen LogP contribution in [0.1, 0.15) is 10.4 Å². The zero-order valence-electron chi connectivity index (χ0n) is 15.1. The fourth-order valence-corrected chi connectivity index (χ4v) is 3.47. The standard InChI is InChI=1S/C23H14ClN3O2/c24-21-18(9-4-12-25-21)22(28)26-16-7-3-6-15(13-16)23-27-20-17-8-2-1-5-14(17)10-11-19(20)29-23/h1-13H,(H,26,28). The number of carbonyl (C=O) groups is 1. The highest BCUT2D eigenvalue weighted by Crippen LogP contribution is 2.30. The molecular formula is C23H14ClN3O2. The lowest BCUT2D eigenvalue weighted by Crippen LogP contribution is -2.12. The number of pyridine rings is 1. The van der Waals surface area contributed by atoms with E-state index < -0.39 is 0 Å². The minimum absolute atomic E-state index is 0.159. The number of hydrogen-bond acceptors (Lipinski definition) is 4. The third-order valence-electron chi connectivity index (χ3n) is 4.65. The maximum absolute atomic E-state index is 12.5. The largest absolute Gasteiger partial charge is 0.436 e. The van der Waals surface area contributed by atoms with Crippen molar-refractivity contribution in [3.63, 3.8) is 0 Å². The summed E-state index contributed by atoms with van der Waals surface area (Å²) < 4.78 is 5.97. The number of nitrogens with zero attached hydrogens (tertiary/aromatic N) is 2. The first kappa shape index (κ1) is 17.4. The Bertz CT molecular complexity index is 1380. The van der Waals surface area contributed by atoms with Crippen molar-refractivity contribution in [1.82, 2.24) is 9.97 Å². The molecule has 0 radical (unpaired) electrons. The van der Waals surface area contributed by atoms with Crippen LogP contribution in [-0.2, 0) is 0 Å². The van der Waals surface area contributed by atoms with Gasteiger partial charge in [-0.3, -0.25) is 4.79 Å². The summed E-state index contributed by atoms with van der Waals surface area (Å²) in [5, 5.41) is 5.14. The van der Waals surface area contributed by atoms with Crippen molar-refractivity contribution in [2.45, 2.75) is 0 Å². The van der Waals surface area contributed by atoms with Gasteiger partial charge in [0.1, 0.15) is 10.7 Å². The van der Waals surface area contributed by atoms with Crippen molar-refractivity contribution in [3.05, 3.63) is 89.7 Å². The summed E-state index contributed by atoms with van der Waals surface area (Å²) in [6, 6.07) is 22.6. The van der Waals surface area contributed by atoms with Crippen LogP contribution in [-0.4, -0.2) is 15.9 Å². The van der Waals surface area contributed by atoms with Gasteiger partial charge in [-0.25, -0.2) is 9.97 Å². The van der Waals surface area contributed by atoms with Gasteiger partial charge in [-0.05, 0) is 41.8 Å². The fraction of sp³-hybridized carbons (Fsp3) is 0. The average molecular weight is 400 g/mol. The second-order valence-electron chi connectivity index (χ2n) is 6.53. The van der Waals surface area contributed by atoms with Gasteiger partial charge >= 0.3 is 0 Å². The van der Waals surface area contributed by atoms with Gasteiger partial charge in [0.2, 0.25) is 5.89 Å². The summed E-state index contributed by atoms with van der Waals surface area (Å²) in [6.07, 6.45) is 1.54. The first-order valence-corrected chi connectivity index (χ1v) is 9.37. The van der Waals surface area contributed by atoms with E-state index in [4.69, 9.17) is 21.0 Å². The van der Waals surface area contributed by atoms with Crippen LogP contribution >= 0.6 is 11.6 Å². The van der Waals surface area contributed by atoms with Crippen LogP contribution in [0, 0.1) is 0 Å². The molecule has 6 heteroatoms. The van der Waals surface area contributed by atoms with E-state index in [-0.39, 0.29) is 11.1 Å². The smallest absolute Gasteiger partial charge is 0.258 e. The normalized spacial score (nSPS) is 11.1. The van der Waals surface area contributed by atoms with Gasteiger partial charge in [0, 0.05) is 22.8 Å². The molecule has 0 unspecified atom stereocenters. The van der Waals surface area contributed by atoms with E-state index in [1.807, 2.05) is 54.6 Å². The van der Waals surface area contributed by atoms with Crippen molar-refractivity contribution in [2.24, 2.45) is 0 Å². The Labute approximate surface area is 171 Å². The molecule has 0 saturated heterocycles. The molecule has 0 atom stereocenters. The van der Waals surface area contributed by atoms with Gasteiger partial charge in [0.25, 0.3) is 5.91 Å². The number of rotatable bonds is 3. The number of aromatic nitrogens is 2. The van der Waals surface area contributed by atoms with Gasteiger partial charge < -0.3 is 9.73 Å². The SMILES string of the molecule is O=C(Nc1cccc(-c2nc3c(ccc4ccccc43)o2)c1)c1cccnc1Cl. The summed E-state index contributed by atoms with van der Waals surface area (Å²) in [4.78, 5) is 21.1. The van der Waals surface area contributed by atoms with Gasteiger partial charge in [0.15, 0.2) is 5.58 Å². The molecule has 0 spiro atoms. The van der Waals surface area contributed by atoms with E-state index in [1.165, 1.54) is 6.20 Å². The topological polar surface area (TPSA) is 68.0 Å². The molecule has 0 aliphatic heterocycles. The maximum Gasteiger partial charge on any atom is 0.258 e. The van der Waals surface area contributed by atoms with Gasteiger partial charge in [0.05, 0.1) is 5.56 Å².